The molecule has 1 saturated heterocycles. The largest absolute Gasteiger partial charge is 0.465 e. The lowest BCUT2D eigenvalue weighted by atomic mass is 10.0. The predicted molar refractivity (Wildman–Crippen MR) is 128 cm³/mol. The van der Waals surface area contributed by atoms with Gasteiger partial charge in [0.15, 0.2) is 0 Å². The van der Waals surface area contributed by atoms with Gasteiger partial charge in [0.1, 0.15) is 4.21 Å². The first-order chi connectivity index (χ1) is 15.8. The molecule has 0 saturated carbocycles. The van der Waals surface area contributed by atoms with Crippen molar-refractivity contribution in [1.29, 1.82) is 0 Å². The number of aryl methyl sites for hydroxylation is 2. The molecule has 0 amide bonds. The van der Waals surface area contributed by atoms with Crippen molar-refractivity contribution in [2.75, 3.05) is 26.7 Å². The van der Waals surface area contributed by atoms with Crippen LogP contribution in [0.3, 0.4) is 0 Å². The molecule has 10 heteroatoms. The first-order valence-corrected chi connectivity index (χ1v) is 14.0. The Labute approximate surface area is 200 Å². The number of hydrogen-bond donors (Lipinski definition) is 0. The van der Waals surface area contributed by atoms with Gasteiger partial charge in [-0.3, -0.25) is 9.58 Å². The zero-order chi connectivity index (χ0) is 23.8. The van der Waals surface area contributed by atoms with E-state index >= 15 is 0 Å². The van der Waals surface area contributed by atoms with E-state index in [1.54, 1.807) is 4.31 Å². The maximum atomic E-state index is 13.6. The van der Waals surface area contributed by atoms with Crippen LogP contribution in [0.25, 0.3) is 0 Å². The molecule has 0 bridgehead atoms. The topological polar surface area (TPSA) is 84.7 Å². The van der Waals surface area contributed by atoms with Gasteiger partial charge in [-0.2, -0.15) is 9.40 Å². The lowest BCUT2D eigenvalue weighted by Gasteiger charge is -2.27. The molecule has 0 unspecified atom stereocenters. The summed E-state index contributed by atoms with van der Waals surface area (Å²) in [6.07, 6.45) is 4.43. The summed E-state index contributed by atoms with van der Waals surface area (Å²) in [6.45, 7) is 10.2. The number of carbonyl (C=O) groups is 1. The standard InChI is InChI=1S/C23H34N4O4S2/c1-5-27-17(3)19(16(2)24-27)14-25-13-10-18-20(15-25)32-23(21(18)22(28)31-4)33(29,30)26-11-8-6-7-9-12-26/h5-15H2,1-4H3. The van der Waals surface area contributed by atoms with Crippen LogP contribution in [0.4, 0.5) is 0 Å². The molecule has 2 aromatic rings. The number of carbonyl (C=O) groups excluding carboxylic acids is 1. The smallest absolute Gasteiger partial charge is 0.340 e. The molecule has 2 aromatic heterocycles. The molecular formula is C23H34N4O4S2. The first kappa shape index (κ1) is 24.4. The summed E-state index contributed by atoms with van der Waals surface area (Å²) in [5.74, 6) is -0.551. The van der Waals surface area contributed by atoms with E-state index in [0.29, 0.717) is 26.1 Å². The first-order valence-electron chi connectivity index (χ1n) is 11.8. The van der Waals surface area contributed by atoms with Gasteiger partial charge in [0, 0.05) is 55.4 Å². The van der Waals surface area contributed by atoms with Crippen LogP contribution in [-0.4, -0.2) is 60.1 Å². The van der Waals surface area contributed by atoms with Crippen LogP contribution in [0.15, 0.2) is 4.21 Å². The van der Waals surface area contributed by atoms with Crippen LogP contribution in [0.1, 0.15) is 70.4 Å². The van der Waals surface area contributed by atoms with E-state index in [1.807, 2.05) is 11.6 Å². The van der Waals surface area contributed by atoms with Crippen LogP contribution < -0.4 is 0 Å². The lowest BCUT2D eigenvalue weighted by molar-refractivity contribution is 0.0595. The Hall–Kier alpha value is -1.75. The number of nitrogens with zero attached hydrogens (tertiary/aromatic N) is 4. The summed E-state index contributed by atoms with van der Waals surface area (Å²) in [5, 5.41) is 4.63. The molecule has 4 rings (SSSR count). The van der Waals surface area contributed by atoms with Crippen LogP contribution in [-0.2, 0) is 40.8 Å². The monoisotopic (exact) mass is 494 g/mol. The number of hydrogen-bond acceptors (Lipinski definition) is 7. The third-order valence-corrected chi connectivity index (χ3v) is 10.5. The van der Waals surface area contributed by atoms with Crippen molar-refractivity contribution < 1.29 is 17.9 Å². The summed E-state index contributed by atoms with van der Waals surface area (Å²) in [5.41, 5.74) is 4.53. The minimum Gasteiger partial charge on any atom is -0.465 e. The Balaban J connectivity index is 1.66. The maximum absolute atomic E-state index is 13.6. The van der Waals surface area contributed by atoms with Gasteiger partial charge >= 0.3 is 5.97 Å². The average molecular weight is 495 g/mol. The summed E-state index contributed by atoms with van der Waals surface area (Å²) < 4.78 is 36.0. The van der Waals surface area contributed by atoms with Gasteiger partial charge in [-0.15, -0.1) is 11.3 Å². The Kier molecular flexibility index (Phi) is 7.28. The van der Waals surface area contributed by atoms with E-state index in [2.05, 4.69) is 23.8 Å². The minimum absolute atomic E-state index is 0.161. The predicted octanol–water partition coefficient (Wildman–Crippen LogP) is 3.49. The van der Waals surface area contributed by atoms with E-state index in [4.69, 9.17) is 4.74 Å². The fourth-order valence-corrected chi connectivity index (χ4v) is 8.53. The highest BCUT2D eigenvalue weighted by Crippen LogP contribution is 2.39. The van der Waals surface area contributed by atoms with Gasteiger partial charge in [-0.05, 0) is 45.6 Å². The molecular weight excluding hydrogens is 460 g/mol. The normalized spacial score (nSPS) is 18.2. The molecule has 182 valence electrons. The second-order valence-electron chi connectivity index (χ2n) is 8.90. The quantitative estimate of drug-likeness (QED) is 0.572. The highest BCUT2D eigenvalue weighted by Gasteiger charge is 2.37. The molecule has 0 aromatic carbocycles. The molecule has 8 nitrogen and oxygen atoms in total. The molecule has 0 N–H and O–H groups in total. The molecule has 2 aliphatic rings. The Bertz CT molecular complexity index is 1130. The minimum atomic E-state index is -3.74. The fraction of sp³-hybridized carbons (Fsp3) is 0.652. The second kappa shape index (κ2) is 9.85. The number of methoxy groups -OCH3 is 1. The highest BCUT2D eigenvalue weighted by molar-refractivity contribution is 7.91. The molecule has 33 heavy (non-hydrogen) atoms. The molecule has 0 atom stereocenters. The van der Waals surface area contributed by atoms with Crippen molar-refractivity contribution in [2.24, 2.45) is 0 Å². The number of ether oxygens (including phenoxy) is 1. The Morgan fingerprint density at radius 3 is 2.42 bits per heavy atom. The van der Waals surface area contributed by atoms with Crippen LogP contribution in [0.2, 0.25) is 0 Å². The molecule has 2 aliphatic heterocycles. The van der Waals surface area contributed by atoms with Crippen molar-refractivity contribution >= 4 is 27.3 Å². The number of fused-ring (bicyclic) bond motifs is 1. The SMILES string of the molecule is CCn1nc(C)c(CN2CCc3c(sc(S(=O)(=O)N4CCCCCC4)c3C(=O)OC)C2)c1C. The number of esters is 1. The van der Waals surface area contributed by atoms with Crippen molar-refractivity contribution in [3.05, 3.63) is 33.0 Å². The lowest BCUT2D eigenvalue weighted by Crippen LogP contribution is -2.32. The summed E-state index contributed by atoms with van der Waals surface area (Å²) in [7, 11) is -2.42. The number of rotatable bonds is 6. The van der Waals surface area contributed by atoms with Gasteiger partial charge in [-0.25, -0.2) is 13.2 Å². The van der Waals surface area contributed by atoms with E-state index in [9.17, 15) is 13.2 Å². The van der Waals surface area contributed by atoms with Crippen LogP contribution >= 0.6 is 11.3 Å². The van der Waals surface area contributed by atoms with Gasteiger partial charge in [0.25, 0.3) is 10.0 Å². The van der Waals surface area contributed by atoms with E-state index in [1.165, 1.54) is 29.7 Å². The maximum Gasteiger partial charge on any atom is 0.340 e. The van der Waals surface area contributed by atoms with Gasteiger partial charge in [0.2, 0.25) is 0 Å². The highest BCUT2D eigenvalue weighted by atomic mass is 32.2. The fourth-order valence-electron chi connectivity index (χ4n) is 4.95. The molecule has 0 spiro atoms. The van der Waals surface area contributed by atoms with Crippen molar-refractivity contribution in [2.45, 2.75) is 76.7 Å². The Morgan fingerprint density at radius 1 is 1.12 bits per heavy atom. The number of sulfonamides is 1. The molecule has 0 radical (unpaired) electrons. The Morgan fingerprint density at radius 2 is 1.82 bits per heavy atom. The van der Waals surface area contributed by atoms with Gasteiger partial charge in [-0.1, -0.05) is 12.8 Å². The average Bonchev–Trinajstić information content (AvgIpc) is 3.15. The second-order valence-corrected chi connectivity index (χ2v) is 12.1. The third kappa shape index (κ3) is 4.62. The van der Waals surface area contributed by atoms with Gasteiger partial charge in [0.05, 0.1) is 18.4 Å². The van der Waals surface area contributed by atoms with Crippen molar-refractivity contribution in [3.8, 4) is 0 Å². The summed E-state index contributed by atoms with van der Waals surface area (Å²) >= 11 is 1.25. The molecule has 1 fully saturated rings. The zero-order valence-corrected chi connectivity index (χ0v) is 21.6. The van der Waals surface area contributed by atoms with Gasteiger partial charge < -0.3 is 4.74 Å². The van der Waals surface area contributed by atoms with E-state index in [0.717, 1.165) is 61.5 Å². The third-order valence-electron chi connectivity index (χ3n) is 6.84. The van der Waals surface area contributed by atoms with E-state index in [-0.39, 0.29) is 9.77 Å². The zero-order valence-electron chi connectivity index (χ0n) is 20.0. The van der Waals surface area contributed by atoms with E-state index < -0.39 is 16.0 Å². The number of thiophene rings is 1. The van der Waals surface area contributed by atoms with Crippen molar-refractivity contribution in [1.82, 2.24) is 19.0 Å². The summed E-state index contributed by atoms with van der Waals surface area (Å²) in [4.78, 5) is 16.0. The molecule has 0 aliphatic carbocycles. The van der Waals surface area contributed by atoms with Crippen LogP contribution in [0, 0.1) is 13.8 Å². The summed E-state index contributed by atoms with van der Waals surface area (Å²) in [6, 6.07) is 0. The van der Waals surface area contributed by atoms with Crippen LogP contribution in [0.5, 0.6) is 0 Å². The van der Waals surface area contributed by atoms with Crippen molar-refractivity contribution in [3.63, 3.8) is 0 Å². The molecule has 4 heterocycles. The number of aromatic nitrogens is 2.